The topological polar surface area (TPSA) is 76.5 Å². The van der Waals surface area contributed by atoms with Gasteiger partial charge in [0, 0.05) is 12.1 Å². The summed E-state index contributed by atoms with van der Waals surface area (Å²) >= 11 is 0. The van der Waals surface area contributed by atoms with Crippen LogP contribution >= 0.6 is 0 Å². The molecule has 0 spiro atoms. The lowest BCUT2D eigenvalue weighted by Crippen LogP contribution is -2.50. The van der Waals surface area contributed by atoms with Gasteiger partial charge in [-0.05, 0) is 76.4 Å². The molecule has 1 N–H and O–H groups in total. The fourth-order valence-electron chi connectivity index (χ4n) is 3.81. The van der Waals surface area contributed by atoms with Gasteiger partial charge in [-0.3, -0.25) is 9.36 Å². The van der Waals surface area contributed by atoms with Crippen LogP contribution in [0, 0.1) is 5.92 Å². The van der Waals surface area contributed by atoms with Crippen LogP contribution in [0.1, 0.15) is 59.8 Å². The number of aromatic nitrogens is 2. The maximum absolute atomic E-state index is 13.7. The standard InChI is InChI=1S/C27H36N4O3/c1-18(2)16-17-30(26(33)29-27(4,5)6)19(3)24-28-23-11-9-8-10-22(23)25(32)31(24)20-12-14-21(34-7)15-13-20/h8-15,18-19H,16-17H2,1-7H3,(H,29,33). The first kappa shape index (κ1) is 25.3. The quantitative estimate of drug-likeness (QED) is 0.514. The van der Waals surface area contributed by atoms with Gasteiger partial charge in [0.05, 0.1) is 29.7 Å². The van der Waals surface area contributed by atoms with Crippen molar-refractivity contribution in [3.8, 4) is 11.4 Å². The zero-order valence-corrected chi connectivity index (χ0v) is 21.3. The number of urea groups is 1. The Bertz CT molecular complexity index is 1190. The summed E-state index contributed by atoms with van der Waals surface area (Å²) in [5, 5.41) is 3.60. The molecule has 0 fully saturated rings. The van der Waals surface area contributed by atoms with E-state index in [9.17, 15) is 9.59 Å². The summed E-state index contributed by atoms with van der Waals surface area (Å²) < 4.78 is 6.90. The summed E-state index contributed by atoms with van der Waals surface area (Å²) in [7, 11) is 1.60. The second-order valence-electron chi connectivity index (χ2n) is 10.1. The SMILES string of the molecule is COc1ccc(-n2c(C(C)N(CCC(C)C)C(=O)NC(C)(C)C)nc3ccccc3c2=O)cc1. The van der Waals surface area contributed by atoms with Crippen LogP contribution in [0.3, 0.4) is 0 Å². The van der Waals surface area contributed by atoms with E-state index in [4.69, 9.17) is 9.72 Å². The number of carbonyl (C=O) groups is 1. The molecule has 2 aromatic carbocycles. The predicted octanol–water partition coefficient (Wildman–Crippen LogP) is 5.31. The molecule has 7 nitrogen and oxygen atoms in total. The van der Waals surface area contributed by atoms with Crippen LogP contribution in [-0.2, 0) is 0 Å². The number of ether oxygens (including phenoxy) is 1. The molecule has 0 saturated heterocycles. The van der Waals surface area contributed by atoms with Gasteiger partial charge in [-0.1, -0.05) is 26.0 Å². The van der Waals surface area contributed by atoms with Crippen LogP contribution in [-0.4, -0.2) is 39.7 Å². The van der Waals surface area contributed by atoms with Gasteiger partial charge in [-0.25, -0.2) is 9.78 Å². The van der Waals surface area contributed by atoms with Crippen LogP contribution < -0.4 is 15.6 Å². The Morgan fingerprint density at radius 2 is 1.74 bits per heavy atom. The molecular weight excluding hydrogens is 428 g/mol. The van der Waals surface area contributed by atoms with Gasteiger partial charge in [0.1, 0.15) is 11.6 Å². The lowest BCUT2D eigenvalue weighted by molar-refractivity contribution is 0.163. The lowest BCUT2D eigenvalue weighted by Gasteiger charge is -2.34. The summed E-state index contributed by atoms with van der Waals surface area (Å²) in [6.07, 6.45) is 0.836. The molecule has 0 radical (unpaired) electrons. The number of hydrogen-bond donors (Lipinski definition) is 1. The van der Waals surface area contributed by atoms with Crippen molar-refractivity contribution in [3.63, 3.8) is 0 Å². The van der Waals surface area contributed by atoms with Gasteiger partial charge in [0.15, 0.2) is 0 Å². The molecule has 0 aliphatic heterocycles. The molecule has 7 heteroatoms. The van der Waals surface area contributed by atoms with Crippen molar-refractivity contribution in [2.24, 2.45) is 5.92 Å². The van der Waals surface area contributed by atoms with Crippen LogP contribution in [0.25, 0.3) is 16.6 Å². The van der Waals surface area contributed by atoms with Crippen LogP contribution in [0.2, 0.25) is 0 Å². The first-order valence-corrected chi connectivity index (χ1v) is 11.8. The van der Waals surface area contributed by atoms with E-state index < -0.39 is 6.04 Å². The Kier molecular flexibility index (Phi) is 7.64. The minimum Gasteiger partial charge on any atom is -0.497 e. The van der Waals surface area contributed by atoms with E-state index in [2.05, 4.69) is 19.2 Å². The zero-order valence-electron chi connectivity index (χ0n) is 21.3. The Morgan fingerprint density at radius 1 is 1.09 bits per heavy atom. The summed E-state index contributed by atoms with van der Waals surface area (Å²) in [6, 6.07) is 14.0. The summed E-state index contributed by atoms with van der Waals surface area (Å²) in [6.45, 7) is 12.6. The highest BCUT2D eigenvalue weighted by Crippen LogP contribution is 2.25. The first-order chi connectivity index (χ1) is 16.0. The summed E-state index contributed by atoms with van der Waals surface area (Å²) in [5.74, 6) is 1.63. The highest BCUT2D eigenvalue weighted by molar-refractivity contribution is 5.78. The third kappa shape index (κ3) is 5.76. The van der Waals surface area contributed by atoms with Crippen LogP contribution in [0.15, 0.2) is 53.3 Å². The fourth-order valence-corrected chi connectivity index (χ4v) is 3.81. The van der Waals surface area contributed by atoms with Gasteiger partial charge in [0.2, 0.25) is 0 Å². The third-order valence-corrected chi connectivity index (χ3v) is 5.66. The number of nitrogens with zero attached hydrogens (tertiary/aromatic N) is 3. The second kappa shape index (κ2) is 10.3. The maximum atomic E-state index is 13.7. The minimum absolute atomic E-state index is 0.169. The molecule has 1 aromatic heterocycles. The first-order valence-electron chi connectivity index (χ1n) is 11.8. The van der Waals surface area contributed by atoms with E-state index in [1.54, 1.807) is 22.6 Å². The zero-order chi connectivity index (χ0) is 25.0. The molecule has 34 heavy (non-hydrogen) atoms. The van der Waals surface area contributed by atoms with Gasteiger partial charge >= 0.3 is 6.03 Å². The van der Waals surface area contributed by atoms with Crippen molar-refractivity contribution in [2.75, 3.05) is 13.7 Å². The molecule has 1 heterocycles. The van der Waals surface area contributed by atoms with Gasteiger partial charge < -0.3 is 15.0 Å². The number of carbonyl (C=O) groups excluding carboxylic acids is 1. The van der Waals surface area contributed by atoms with E-state index >= 15 is 0 Å². The molecule has 3 aromatic rings. The lowest BCUT2D eigenvalue weighted by atomic mass is 10.1. The minimum atomic E-state index is -0.444. The molecule has 1 unspecified atom stereocenters. The Hall–Kier alpha value is -3.35. The van der Waals surface area contributed by atoms with E-state index in [0.717, 1.165) is 6.42 Å². The van der Waals surface area contributed by atoms with Crippen LogP contribution in [0.4, 0.5) is 4.79 Å². The van der Waals surface area contributed by atoms with Crippen molar-refractivity contribution in [1.82, 2.24) is 19.8 Å². The number of para-hydroxylation sites is 1. The summed E-state index contributed by atoms with van der Waals surface area (Å²) in [4.78, 5) is 33.7. The third-order valence-electron chi connectivity index (χ3n) is 5.66. The Labute approximate surface area is 201 Å². The molecule has 182 valence electrons. The highest BCUT2D eigenvalue weighted by atomic mass is 16.5. The van der Waals surface area contributed by atoms with E-state index in [-0.39, 0.29) is 17.1 Å². The smallest absolute Gasteiger partial charge is 0.318 e. The van der Waals surface area contributed by atoms with Gasteiger partial charge in [0.25, 0.3) is 5.56 Å². The molecule has 1 atom stereocenters. The predicted molar refractivity (Wildman–Crippen MR) is 137 cm³/mol. The van der Waals surface area contributed by atoms with Gasteiger partial charge in [-0.15, -0.1) is 0 Å². The normalized spacial score (nSPS) is 12.6. The number of rotatable bonds is 7. The molecular formula is C27H36N4O3. The monoisotopic (exact) mass is 464 g/mol. The molecule has 0 bridgehead atoms. The number of amides is 2. The number of hydrogen-bond acceptors (Lipinski definition) is 4. The van der Waals surface area contributed by atoms with E-state index in [1.165, 1.54) is 0 Å². The Morgan fingerprint density at radius 3 is 2.32 bits per heavy atom. The second-order valence-corrected chi connectivity index (χ2v) is 10.1. The number of nitrogens with one attached hydrogen (secondary N) is 1. The largest absolute Gasteiger partial charge is 0.497 e. The molecule has 0 saturated carbocycles. The van der Waals surface area contributed by atoms with Gasteiger partial charge in [-0.2, -0.15) is 0 Å². The molecule has 2 amide bonds. The average molecular weight is 465 g/mol. The van der Waals surface area contributed by atoms with Crippen LogP contribution in [0.5, 0.6) is 5.75 Å². The van der Waals surface area contributed by atoms with Crippen molar-refractivity contribution in [1.29, 1.82) is 0 Å². The fraction of sp³-hybridized carbons (Fsp3) is 0.444. The summed E-state index contributed by atoms with van der Waals surface area (Å²) in [5.41, 5.74) is 0.724. The molecule has 3 rings (SSSR count). The van der Waals surface area contributed by atoms with E-state index in [1.807, 2.05) is 70.2 Å². The average Bonchev–Trinajstić information content (AvgIpc) is 2.77. The number of benzene rings is 2. The molecule has 0 aliphatic rings. The highest BCUT2D eigenvalue weighted by Gasteiger charge is 2.29. The Balaban J connectivity index is 2.19. The van der Waals surface area contributed by atoms with Crippen molar-refractivity contribution >= 4 is 16.9 Å². The molecule has 0 aliphatic carbocycles. The maximum Gasteiger partial charge on any atom is 0.318 e. The number of fused-ring (bicyclic) bond motifs is 1. The van der Waals surface area contributed by atoms with Crippen molar-refractivity contribution < 1.29 is 9.53 Å². The van der Waals surface area contributed by atoms with Crippen molar-refractivity contribution in [2.45, 2.75) is 59.5 Å². The van der Waals surface area contributed by atoms with E-state index in [0.29, 0.717) is 40.6 Å². The van der Waals surface area contributed by atoms with Crippen molar-refractivity contribution in [3.05, 3.63) is 64.7 Å². The number of methoxy groups -OCH3 is 1.